The number of amides is 1. The van der Waals surface area contributed by atoms with Crippen molar-refractivity contribution >= 4 is 34.5 Å². The van der Waals surface area contributed by atoms with Crippen LogP contribution in [-0.2, 0) is 20.5 Å². The quantitative estimate of drug-likeness (QED) is 0.572. The van der Waals surface area contributed by atoms with Crippen LogP contribution in [0.3, 0.4) is 0 Å². The molecule has 0 atom stereocenters. The van der Waals surface area contributed by atoms with Crippen molar-refractivity contribution in [1.82, 2.24) is 10.3 Å². The summed E-state index contributed by atoms with van der Waals surface area (Å²) in [5.41, 5.74) is -0.807. The van der Waals surface area contributed by atoms with E-state index >= 15 is 0 Å². The lowest BCUT2D eigenvalue weighted by Crippen LogP contribution is -2.31. The van der Waals surface area contributed by atoms with E-state index in [1.165, 1.54) is 12.1 Å². The number of hydrogen-bond donors (Lipinski definition) is 1. The van der Waals surface area contributed by atoms with Crippen LogP contribution in [0.25, 0.3) is 10.9 Å². The van der Waals surface area contributed by atoms with E-state index in [0.717, 1.165) is 17.8 Å². The Bertz CT molecular complexity index is 920. The minimum absolute atomic E-state index is 0.0185. The number of nitrogens with zero attached hydrogens (tertiary/aromatic N) is 1. The molecule has 1 amide bonds. The smallest absolute Gasteiger partial charge is 0.417 e. The minimum atomic E-state index is -4.61. The topological polar surface area (TPSA) is 86.8 Å². The molecule has 150 valence electrons. The second-order valence-corrected chi connectivity index (χ2v) is 6.59. The van der Waals surface area contributed by atoms with E-state index in [2.05, 4.69) is 15.0 Å². The van der Waals surface area contributed by atoms with E-state index in [1.807, 2.05) is 0 Å². The average Bonchev–Trinajstić information content (AvgIpc) is 3.08. The molecule has 2 heterocycles. The maximum Gasteiger partial charge on any atom is 0.417 e. The lowest BCUT2D eigenvalue weighted by atomic mass is 10.1. The summed E-state index contributed by atoms with van der Waals surface area (Å²) < 4.78 is 55.5. The maximum absolute atomic E-state index is 13.5. The number of aromatic nitrogens is 1. The first-order chi connectivity index (χ1) is 13.3. The molecule has 0 aliphatic carbocycles. The highest BCUT2D eigenvalue weighted by Crippen LogP contribution is 2.42. The molecular formula is C17H15F3N2O5S. The van der Waals surface area contributed by atoms with Gasteiger partial charge in [-0.3, -0.25) is 9.59 Å². The van der Waals surface area contributed by atoms with Crippen LogP contribution >= 0.6 is 11.8 Å². The van der Waals surface area contributed by atoms with Crippen LogP contribution in [0.15, 0.2) is 23.2 Å². The molecule has 0 saturated heterocycles. The van der Waals surface area contributed by atoms with Gasteiger partial charge in [-0.1, -0.05) is 11.8 Å². The van der Waals surface area contributed by atoms with Gasteiger partial charge in [0.1, 0.15) is 6.54 Å². The Morgan fingerprint density at radius 2 is 1.96 bits per heavy atom. The highest BCUT2D eigenvalue weighted by molar-refractivity contribution is 7.99. The molecule has 1 aliphatic heterocycles. The van der Waals surface area contributed by atoms with Gasteiger partial charge in [-0.25, -0.2) is 4.98 Å². The third-order valence-electron chi connectivity index (χ3n) is 3.67. The Balaban J connectivity index is 1.79. The maximum atomic E-state index is 13.5. The zero-order valence-corrected chi connectivity index (χ0v) is 15.4. The summed E-state index contributed by atoms with van der Waals surface area (Å²) in [5.74, 6) is -0.806. The summed E-state index contributed by atoms with van der Waals surface area (Å²) in [6.07, 6.45) is -4.61. The van der Waals surface area contributed by atoms with Gasteiger partial charge in [0.25, 0.3) is 0 Å². The van der Waals surface area contributed by atoms with Crippen molar-refractivity contribution in [2.75, 3.05) is 25.7 Å². The molecule has 0 bridgehead atoms. The van der Waals surface area contributed by atoms with E-state index in [9.17, 15) is 22.8 Å². The Labute approximate surface area is 161 Å². The normalized spacial score (nSPS) is 12.9. The molecule has 1 aromatic carbocycles. The predicted molar refractivity (Wildman–Crippen MR) is 93.2 cm³/mol. The monoisotopic (exact) mass is 416 g/mol. The Morgan fingerprint density at radius 1 is 1.25 bits per heavy atom. The van der Waals surface area contributed by atoms with Crippen LogP contribution in [0.1, 0.15) is 12.5 Å². The Kier molecular flexibility index (Phi) is 5.82. The first-order valence-electron chi connectivity index (χ1n) is 8.14. The molecule has 1 aliphatic rings. The molecule has 0 fully saturated rings. The zero-order chi connectivity index (χ0) is 20.3. The van der Waals surface area contributed by atoms with Crippen molar-refractivity contribution in [2.24, 2.45) is 0 Å². The van der Waals surface area contributed by atoms with E-state index in [0.29, 0.717) is 5.75 Å². The van der Waals surface area contributed by atoms with Gasteiger partial charge in [0.2, 0.25) is 12.7 Å². The standard InChI is InChI=1S/C17H15F3N2O5S/c1-2-25-16(24)6-21-14(23)7-28-15-4-10(17(18,19)20)9-3-12-13(27-8-26-12)5-11(9)22-15/h3-5H,2,6-8H2,1H3,(H,21,23). The van der Waals surface area contributed by atoms with E-state index in [1.54, 1.807) is 6.92 Å². The molecule has 7 nitrogen and oxygen atoms in total. The second-order valence-electron chi connectivity index (χ2n) is 5.60. The number of alkyl halides is 3. The van der Waals surface area contributed by atoms with Gasteiger partial charge in [0, 0.05) is 11.5 Å². The van der Waals surface area contributed by atoms with Crippen molar-refractivity contribution in [3.05, 3.63) is 23.8 Å². The van der Waals surface area contributed by atoms with Gasteiger partial charge in [-0.2, -0.15) is 13.2 Å². The fourth-order valence-corrected chi connectivity index (χ4v) is 3.22. The number of thioether (sulfide) groups is 1. The summed E-state index contributed by atoms with van der Waals surface area (Å²) in [7, 11) is 0. The van der Waals surface area contributed by atoms with E-state index in [4.69, 9.17) is 9.47 Å². The number of pyridine rings is 1. The van der Waals surface area contributed by atoms with E-state index < -0.39 is 23.6 Å². The molecule has 0 radical (unpaired) electrons. The van der Waals surface area contributed by atoms with Crippen molar-refractivity contribution < 1.29 is 37.0 Å². The third-order valence-corrected chi connectivity index (χ3v) is 4.58. The van der Waals surface area contributed by atoms with Gasteiger partial charge in [0.15, 0.2) is 11.5 Å². The van der Waals surface area contributed by atoms with Crippen LogP contribution in [0.4, 0.5) is 13.2 Å². The first kappa shape index (κ1) is 20.1. The summed E-state index contributed by atoms with van der Waals surface area (Å²) in [5, 5.41) is 2.23. The van der Waals surface area contributed by atoms with Gasteiger partial charge < -0.3 is 19.5 Å². The van der Waals surface area contributed by atoms with Crippen molar-refractivity contribution in [1.29, 1.82) is 0 Å². The average molecular weight is 416 g/mol. The Hall–Kier alpha value is -2.69. The van der Waals surface area contributed by atoms with Crippen LogP contribution in [-0.4, -0.2) is 42.6 Å². The molecule has 3 rings (SSSR count). The first-order valence-corrected chi connectivity index (χ1v) is 9.13. The number of ether oxygens (including phenoxy) is 3. The molecule has 28 heavy (non-hydrogen) atoms. The third kappa shape index (κ3) is 4.58. The summed E-state index contributed by atoms with van der Waals surface area (Å²) in [4.78, 5) is 27.2. The highest BCUT2D eigenvalue weighted by Gasteiger charge is 2.34. The highest BCUT2D eigenvalue weighted by atomic mass is 32.2. The van der Waals surface area contributed by atoms with Crippen LogP contribution in [0.5, 0.6) is 11.5 Å². The van der Waals surface area contributed by atoms with Crippen LogP contribution < -0.4 is 14.8 Å². The largest absolute Gasteiger partial charge is 0.465 e. The number of fused-ring (bicyclic) bond motifs is 2. The van der Waals surface area contributed by atoms with Gasteiger partial charge in [-0.15, -0.1) is 0 Å². The van der Waals surface area contributed by atoms with Crippen molar-refractivity contribution in [3.8, 4) is 11.5 Å². The summed E-state index contributed by atoms with van der Waals surface area (Å²) in [6, 6.07) is 3.50. The molecule has 1 aromatic heterocycles. The van der Waals surface area contributed by atoms with Gasteiger partial charge in [0.05, 0.1) is 28.5 Å². The van der Waals surface area contributed by atoms with Gasteiger partial charge >= 0.3 is 12.1 Å². The summed E-state index contributed by atoms with van der Waals surface area (Å²) in [6.45, 7) is 1.43. The van der Waals surface area contributed by atoms with E-state index in [-0.39, 0.29) is 47.4 Å². The Morgan fingerprint density at radius 3 is 2.64 bits per heavy atom. The predicted octanol–water partition coefficient (Wildman–Crippen LogP) is 2.75. The molecule has 11 heteroatoms. The van der Waals surface area contributed by atoms with Crippen molar-refractivity contribution in [2.45, 2.75) is 18.1 Å². The van der Waals surface area contributed by atoms with Crippen molar-refractivity contribution in [3.63, 3.8) is 0 Å². The number of benzene rings is 1. The fraction of sp³-hybridized carbons (Fsp3) is 0.353. The lowest BCUT2D eigenvalue weighted by molar-refractivity contribution is -0.143. The fourth-order valence-electron chi connectivity index (χ4n) is 2.47. The zero-order valence-electron chi connectivity index (χ0n) is 14.6. The number of hydrogen-bond acceptors (Lipinski definition) is 7. The number of esters is 1. The molecule has 0 spiro atoms. The number of rotatable bonds is 6. The molecule has 1 N–H and O–H groups in total. The molecule has 2 aromatic rings. The summed E-state index contributed by atoms with van der Waals surface area (Å²) >= 11 is 0.825. The minimum Gasteiger partial charge on any atom is -0.465 e. The number of nitrogens with one attached hydrogen (secondary N) is 1. The van der Waals surface area contributed by atoms with Gasteiger partial charge in [-0.05, 0) is 19.1 Å². The molecular weight excluding hydrogens is 401 g/mol. The molecule has 0 saturated carbocycles. The SMILES string of the molecule is CCOC(=O)CNC(=O)CSc1cc(C(F)(F)F)c2cc3c(cc2n1)OCO3. The van der Waals surface area contributed by atoms with Crippen LogP contribution in [0.2, 0.25) is 0 Å². The van der Waals surface area contributed by atoms with Crippen LogP contribution in [0, 0.1) is 0 Å². The number of halogens is 3. The lowest BCUT2D eigenvalue weighted by Gasteiger charge is -2.13. The second kappa shape index (κ2) is 8.13. The number of carbonyl (C=O) groups is 2. The molecule has 0 unspecified atom stereocenters. The number of carbonyl (C=O) groups excluding carboxylic acids is 2.